The first-order valence-electron chi connectivity index (χ1n) is 12.9. The molecule has 5 rings (SSSR count). The van der Waals surface area contributed by atoms with Gasteiger partial charge in [0, 0.05) is 35.8 Å². The Morgan fingerprint density at radius 2 is 1.69 bits per heavy atom. The highest BCUT2D eigenvalue weighted by atomic mass is 16.5. The van der Waals surface area contributed by atoms with Gasteiger partial charge in [0.25, 0.3) is 0 Å². The molecule has 0 spiro atoms. The minimum absolute atomic E-state index is 0.123. The lowest BCUT2D eigenvalue weighted by molar-refractivity contribution is 0.390. The Labute approximate surface area is 226 Å². The number of aromatic amines is 1. The van der Waals surface area contributed by atoms with E-state index in [0.717, 1.165) is 47.3 Å². The Balaban J connectivity index is 1.42. The van der Waals surface area contributed by atoms with E-state index in [1.807, 2.05) is 71.6 Å². The second-order valence-corrected chi connectivity index (χ2v) is 9.12. The van der Waals surface area contributed by atoms with Gasteiger partial charge >= 0.3 is 5.69 Å². The summed E-state index contributed by atoms with van der Waals surface area (Å²) in [5.74, 6) is 1.68. The van der Waals surface area contributed by atoms with Gasteiger partial charge in [-0.3, -0.25) is 14.1 Å². The molecule has 10 heteroatoms. The standard InChI is InChI=1S/C29H31N7O3/c1-4-5-9-21-19-36(27-25(38-2)12-8-13-26(27)39-3)29(37)35(21)17-16-20-14-15-24(30-18-20)22-10-6-7-11-23(22)28-31-33-34-32-28/h6-8,10-15,18-19H,4-5,9,16-17H2,1-3H3,(H,31,32,33,34). The van der Waals surface area contributed by atoms with E-state index in [4.69, 9.17) is 14.5 Å². The number of imidazole rings is 1. The number of nitrogens with one attached hydrogen (secondary N) is 1. The number of para-hydroxylation sites is 1. The zero-order valence-electron chi connectivity index (χ0n) is 22.3. The summed E-state index contributed by atoms with van der Waals surface area (Å²) in [6.07, 6.45) is 7.26. The molecule has 0 aliphatic heterocycles. The highest BCUT2D eigenvalue weighted by Crippen LogP contribution is 2.32. The number of rotatable bonds is 11. The second-order valence-electron chi connectivity index (χ2n) is 9.12. The molecule has 0 aliphatic rings. The predicted octanol–water partition coefficient (Wildman–Crippen LogP) is 4.48. The molecular formula is C29H31N7O3. The third-order valence-electron chi connectivity index (χ3n) is 6.73. The molecule has 1 N–H and O–H groups in total. The van der Waals surface area contributed by atoms with Crippen molar-refractivity contribution >= 4 is 0 Å². The van der Waals surface area contributed by atoms with Crippen molar-refractivity contribution in [2.75, 3.05) is 14.2 Å². The number of unbranched alkanes of at least 4 members (excludes halogenated alkanes) is 1. The number of hydrogen-bond acceptors (Lipinski definition) is 7. The van der Waals surface area contributed by atoms with Gasteiger partial charge in [0.2, 0.25) is 5.82 Å². The van der Waals surface area contributed by atoms with E-state index >= 15 is 0 Å². The Morgan fingerprint density at radius 1 is 0.923 bits per heavy atom. The Bertz CT molecular complexity index is 1570. The van der Waals surface area contributed by atoms with Crippen molar-refractivity contribution in [2.24, 2.45) is 0 Å². The van der Waals surface area contributed by atoms with E-state index in [1.54, 1.807) is 18.8 Å². The van der Waals surface area contributed by atoms with Crippen molar-refractivity contribution in [1.29, 1.82) is 0 Å². The molecule has 39 heavy (non-hydrogen) atoms. The summed E-state index contributed by atoms with van der Waals surface area (Å²) in [7, 11) is 3.19. The SMILES string of the molecule is CCCCc1cn(-c2c(OC)cccc2OC)c(=O)n1CCc1ccc(-c2ccccc2-c2nn[nH]n2)nc1. The van der Waals surface area contributed by atoms with Gasteiger partial charge in [-0.05, 0) is 48.2 Å². The largest absolute Gasteiger partial charge is 0.494 e. The van der Waals surface area contributed by atoms with E-state index in [1.165, 1.54) is 0 Å². The number of pyridine rings is 1. The third-order valence-corrected chi connectivity index (χ3v) is 6.73. The van der Waals surface area contributed by atoms with Gasteiger partial charge in [-0.2, -0.15) is 5.21 Å². The Morgan fingerprint density at radius 3 is 2.33 bits per heavy atom. The second kappa shape index (κ2) is 11.8. The zero-order valence-corrected chi connectivity index (χ0v) is 22.3. The fraction of sp³-hybridized carbons (Fsp3) is 0.276. The van der Waals surface area contributed by atoms with Crippen LogP contribution in [0.2, 0.25) is 0 Å². The van der Waals surface area contributed by atoms with Gasteiger partial charge < -0.3 is 9.47 Å². The summed E-state index contributed by atoms with van der Waals surface area (Å²) in [5, 5.41) is 14.4. The average Bonchev–Trinajstić information content (AvgIpc) is 3.63. The molecule has 0 atom stereocenters. The number of hydrogen-bond donors (Lipinski definition) is 1. The normalized spacial score (nSPS) is 11.1. The minimum Gasteiger partial charge on any atom is -0.494 e. The van der Waals surface area contributed by atoms with E-state index in [-0.39, 0.29) is 5.69 Å². The summed E-state index contributed by atoms with van der Waals surface area (Å²) in [6, 6.07) is 17.4. The van der Waals surface area contributed by atoms with Crippen molar-refractivity contribution < 1.29 is 9.47 Å². The number of aromatic nitrogens is 7. The van der Waals surface area contributed by atoms with Crippen LogP contribution < -0.4 is 15.2 Å². The maximum Gasteiger partial charge on any atom is 0.333 e. The fourth-order valence-electron chi connectivity index (χ4n) is 4.70. The van der Waals surface area contributed by atoms with Crippen LogP contribution >= 0.6 is 0 Å². The van der Waals surface area contributed by atoms with E-state index < -0.39 is 0 Å². The number of H-pyrrole nitrogens is 1. The van der Waals surface area contributed by atoms with E-state index in [2.05, 4.69) is 27.5 Å². The maximum absolute atomic E-state index is 13.7. The predicted molar refractivity (Wildman–Crippen MR) is 148 cm³/mol. The van der Waals surface area contributed by atoms with Crippen molar-refractivity contribution in [2.45, 2.75) is 39.2 Å². The molecule has 5 aromatic rings. The number of ether oxygens (including phenoxy) is 2. The van der Waals surface area contributed by atoms with E-state index in [9.17, 15) is 4.79 Å². The molecule has 0 amide bonds. The van der Waals surface area contributed by atoms with Crippen molar-refractivity contribution in [3.63, 3.8) is 0 Å². The molecule has 0 aliphatic carbocycles. The third kappa shape index (κ3) is 5.31. The number of aryl methyl sites for hydroxylation is 2. The quantitative estimate of drug-likeness (QED) is 0.270. The average molecular weight is 526 g/mol. The van der Waals surface area contributed by atoms with Gasteiger partial charge in [0.1, 0.15) is 17.2 Å². The monoisotopic (exact) mass is 525 g/mol. The Kier molecular flexibility index (Phi) is 7.81. The molecule has 0 bridgehead atoms. The van der Waals surface area contributed by atoms with Crippen LogP contribution in [-0.4, -0.2) is 49.0 Å². The summed E-state index contributed by atoms with van der Waals surface area (Å²) in [6.45, 7) is 2.68. The van der Waals surface area contributed by atoms with Gasteiger partial charge in [-0.25, -0.2) is 4.79 Å². The number of nitrogens with zero attached hydrogens (tertiary/aromatic N) is 6. The molecule has 2 aromatic carbocycles. The highest BCUT2D eigenvalue weighted by Gasteiger charge is 2.19. The summed E-state index contributed by atoms with van der Waals surface area (Å²) in [4.78, 5) is 18.4. The summed E-state index contributed by atoms with van der Waals surface area (Å²) in [5.41, 5.74) is 5.09. The number of methoxy groups -OCH3 is 2. The zero-order chi connectivity index (χ0) is 27.2. The molecule has 0 radical (unpaired) electrons. The molecule has 0 saturated heterocycles. The van der Waals surface area contributed by atoms with Crippen LogP contribution in [0.5, 0.6) is 11.5 Å². The smallest absolute Gasteiger partial charge is 0.333 e. The van der Waals surface area contributed by atoms with Crippen LogP contribution in [0.1, 0.15) is 31.0 Å². The van der Waals surface area contributed by atoms with Gasteiger partial charge in [-0.1, -0.05) is 49.7 Å². The van der Waals surface area contributed by atoms with Crippen LogP contribution in [0.4, 0.5) is 0 Å². The molecule has 0 saturated carbocycles. The van der Waals surface area contributed by atoms with Crippen LogP contribution in [-0.2, 0) is 19.4 Å². The lowest BCUT2D eigenvalue weighted by Gasteiger charge is -2.12. The molecule has 200 valence electrons. The highest BCUT2D eigenvalue weighted by molar-refractivity contribution is 5.78. The van der Waals surface area contributed by atoms with Crippen LogP contribution in [0.25, 0.3) is 28.3 Å². The van der Waals surface area contributed by atoms with Gasteiger partial charge in [0.05, 0.1) is 19.9 Å². The molecule has 3 heterocycles. The summed E-state index contributed by atoms with van der Waals surface area (Å²) < 4.78 is 14.6. The molecule has 0 unspecified atom stereocenters. The van der Waals surface area contributed by atoms with E-state index in [0.29, 0.717) is 36.0 Å². The maximum atomic E-state index is 13.7. The first-order chi connectivity index (χ1) is 19.1. The molecule has 3 aromatic heterocycles. The molecule has 0 fully saturated rings. The lowest BCUT2D eigenvalue weighted by atomic mass is 10.0. The number of tetrazole rings is 1. The Hall–Kier alpha value is -4.73. The first kappa shape index (κ1) is 25.9. The van der Waals surface area contributed by atoms with Crippen molar-refractivity contribution in [3.05, 3.63) is 88.7 Å². The van der Waals surface area contributed by atoms with Crippen molar-refractivity contribution in [3.8, 4) is 39.8 Å². The van der Waals surface area contributed by atoms with Gasteiger partial charge in [0.15, 0.2) is 0 Å². The topological polar surface area (TPSA) is 113 Å². The first-order valence-corrected chi connectivity index (χ1v) is 12.9. The lowest BCUT2D eigenvalue weighted by Crippen LogP contribution is -2.25. The molecule has 10 nitrogen and oxygen atoms in total. The minimum atomic E-state index is -0.123. The van der Waals surface area contributed by atoms with Crippen molar-refractivity contribution in [1.82, 2.24) is 34.7 Å². The van der Waals surface area contributed by atoms with Crippen LogP contribution in [0.15, 0.2) is 71.8 Å². The number of benzene rings is 2. The van der Waals surface area contributed by atoms with Crippen LogP contribution in [0.3, 0.4) is 0 Å². The molecular weight excluding hydrogens is 494 g/mol. The van der Waals surface area contributed by atoms with Crippen LogP contribution in [0, 0.1) is 0 Å². The fourth-order valence-corrected chi connectivity index (χ4v) is 4.70. The van der Waals surface area contributed by atoms with Gasteiger partial charge in [-0.15, -0.1) is 10.2 Å². The summed E-state index contributed by atoms with van der Waals surface area (Å²) >= 11 is 0.